The number of rotatable bonds is 11. The zero-order valence-corrected chi connectivity index (χ0v) is 16.5. The van der Waals surface area contributed by atoms with Crippen LogP contribution in [0.3, 0.4) is 0 Å². The standard InChI is InChI=1S/C18H23ClF3N5O2/c1-2-9-29-10-3-8-23-17(24-15-11-14(26-27-15)18(20,21)22)25-16(28)12-4-6-13(19)7-5-12/h4-7,11,17,23H,2-3,8-10H2,1H3,(H,25,28)(H2,24,26,27). The molecular weight excluding hydrogens is 411 g/mol. The van der Waals surface area contributed by atoms with Crippen LogP contribution in [0.5, 0.6) is 0 Å². The van der Waals surface area contributed by atoms with Gasteiger partial charge in [0.25, 0.3) is 5.91 Å². The van der Waals surface area contributed by atoms with Gasteiger partial charge in [-0.25, -0.2) is 0 Å². The molecule has 0 fully saturated rings. The fourth-order valence-corrected chi connectivity index (χ4v) is 2.44. The maximum Gasteiger partial charge on any atom is 0.432 e. The number of carbonyl (C=O) groups excluding carboxylic acids is 1. The number of ether oxygens (including phenoxy) is 1. The van der Waals surface area contributed by atoms with Crippen LogP contribution in [0.15, 0.2) is 30.3 Å². The van der Waals surface area contributed by atoms with Gasteiger partial charge in [0.15, 0.2) is 12.1 Å². The Hall–Kier alpha value is -2.30. The van der Waals surface area contributed by atoms with E-state index in [0.29, 0.717) is 36.8 Å². The number of benzene rings is 1. The summed E-state index contributed by atoms with van der Waals surface area (Å²) in [6, 6.07) is 7.06. The summed E-state index contributed by atoms with van der Waals surface area (Å²) >= 11 is 5.82. The molecule has 1 heterocycles. The highest BCUT2D eigenvalue weighted by Crippen LogP contribution is 2.28. The molecule has 0 radical (unpaired) electrons. The van der Waals surface area contributed by atoms with Gasteiger partial charge in [-0.1, -0.05) is 18.5 Å². The number of nitrogens with zero attached hydrogens (tertiary/aromatic N) is 1. The third-order valence-electron chi connectivity index (χ3n) is 3.72. The van der Waals surface area contributed by atoms with E-state index < -0.39 is 24.1 Å². The summed E-state index contributed by atoms with van der Waals surface area (Å²) in [5, 5.41) is 14.4. The van der Waals surface area contributed by atoms with Gasteiger partial charge >= 0.3 is 6.18 Å². The van der Waals surface area contributed by atoms with Crippen LogP contribution in [0.4, 0.5) is 19.0 Å². The Morgan fingerprint density at radius 2 is 2.00 bits per heavy atom. The van der Waals surface area contributed by atoms with E-state index in [2.05, 4.69) is 21.0 Å². The van der Waals surface area contributed by atoms with Crippen molar-refractivity contribution in [3.63, 3.8) is 0 Å². The van der Waals surface area contributed by atoms with Gasteiger partial charge in [0.05, 0.1) is 0 Å². The zero-order valence-electron chi connectivity index (χ0n) is 15.8. The van der Waals surface area contributed by atoms with Crippen molar-refractivity contribution >= 4 is 23.3 Å². The number of H-pyrrole nitrogens is 1. The molecule has 0 aliphatic heterocycles. The van der Waals surface area contributed by atoms with Crippen LogP contribution in [0.25, 0.3) is 0 Å². The molecule has 1 aromatic carbocycles. The minimum Gasteiger partial charge on any atom is -0.381 e. The van der Waals surface area contributed by atoms with E-state index in [1.54, 1.807) is 24.3 Å². The van der Waals surface area contributed by atoms with Crippen molar-refractivity contribution in [1.29, 1.82) is 0 Å². The predicted molar refractivity (Wildman–Crippen MR) is 104 cm³/mol. The van der Waals surface area contributed by atoms with Gasteiger partial charge in [-0.15, -0.1) is 0 Å². The average molecular weight is 434 g/mol. The van der Waals surface area contributed by atoms with Crippen molar-refractivity contribution in [1.82, 2.24) is 20.8 Å². The number of nitrogens with one attached hydrogen (secondary N) is 4. The lowest BCUT2D eigenvalue weighted by Gasteiger charge is -2.21. The quantitative estimate of drug-likeness (QED) is 0.321. The summed E-state index contributed by atoms with van der Waals surface area (Å²) in [6.45, 7) is 3.64. The average Bonchev–Trinajstić information content (AvgIpc) is 3.14. The third kappa shape index (κ3) is 7.92. The highest BCUT2D eigenvalue weighted by molar-refractivity contribution is 6.30. The number of hydrogen-bond donors (Lipinski definition) is 4. The van der Waals surface area contributed by atoms with E-state index in [9.17, 15) is 18.0 Å². The highest BCUT2D eigenvalue weighted by atomic mass is 35.5. The SMILES string of the molecule is CCCOCCCNC(NC(=O)c1ccc(Cl)cc1)Nc1cc(C(F)(F)F)[nH]n1. The number of anilines is 1. The fraction of sp³-hybridized carbons (Fsp3) is 0.444. The highest BCUT2D eigenvalue weighted by Gasteiger charge is 2.33. The van der Waals surface area contributed by atoms with E-state index in [0.717, 1.165) is 12.5 Å². The Bertz CT molecular complexity index is 768. The summed E-state index contributed by atoms with van der Waals surface area (Å²) in [6.07, 6.45) is -3.83. The number of aromatic nitrogens is 2. The molecule has 0 saturated heterocycles. The molecule has 0 saturated carbocycles. The minimum absolute atomic E-state index is 0.0616. The van der Waals surface area contributed by atoms with Crippen molar-refractivity contribution in [2.24, 2.45) is 0 Å². The van der Waals surface area contributed by atoms with Crippen LogP contribution in [-0.2, 0) is 10.9 Å². The summed E-state index contributed by atoms with van der Waals surface area (Å²) in [7, 11) is 0. The summed E-state index contributed by atoms with van der Waals surface area (Å²) < 4.78 is 43.6. The van der Waals surface area contributed by atoms with Gasteiger partial charge < -0.3 is 15.4 Å². The monoisotopic (exact) mass is 433 g/mol. The number of hydrogen-bond acceptors (Lipinski definition) is 5. The Labute approximate surface area is 171 Å². The number of carbonyl (C=O) groups is 1. The summed E-state index contributed by atoms with van der Waals surface area (Å²) in [4.78, 5) is 12.4. The molecule has 2 rings (SSSR count). The first kappa shape index (κ1) is 23.0. The molecule has 29 heavy (non-hydrogen) atoms. The van der Waals surface area contributed by atoms with Gasteiger partial charge in [0.1, 0.15) is 5.69 Å². The van der Waals surface area contributed by atoms with Crippen molar-refractivity contribution < 1.29 is 22.7 Å². The molecule has 1 atom stereocenters. The second-order valence-electron chi connectivity index (χ2n) is 6.14. The van der Waals surface area contributed by atoms with Crippen LogP contribution in [0.1, 0.15) is 35.8 Å². The molecule has 160 valence electrons. The Morgan fingerprint density at radius 3 is 2.62 bits per heavy atom. The summed E-state index contributed by atoms with van der Waals surface area (Å²) in [5.41, 5.74) is -0.636. The van der Waals surface area contributed by atoms with Crippen molar-refractivity contribution in [3.8, 4) is 0 Å². The fourth-order valence-electron chi connectivity index (χ4n) is 2.31. The lowest BCUT2D eigenvalue weighted by Crippen LogP contribution is -2.51. The van der Waals surface area contributed by atoms with E-state index in [-0.39, 0.29) is 5.82 Å². The number of halogens is 4. The Morgan fingerprint density at radius 1 is 1.28 bits per heavy atom. The third-order valence-corrected chi connectivity index (χ3v) is 3.97. The van der Waals surface area contributed by atoms with Crippen LogP contribution >= 0.6 is 11.6 Å². The molecule has 7 nitrogen and oxygen atoms in total. The van der Waals surface area contributed by atoms with Crippen molar-refractivity contribution in [3.05, 3.63) is 46.6 Å². The molecule has 1 aromatic heterocycles. The maximum atomic E-state index is 12.7. The second kappa shape index (κ2) is 11.0. The number of aromatic amines is 1. The van der Waals surface area contributed by atoms with E-state index >= 15 is 0 Å². The Balaban J connectivity index is 1.99. The lowest BCUT2D eigenvalue weighted by atomic mass is 10.2. The molecule has 1 amide bonds. The summed E-state index contributed by atoms with van der Waals surface area (Å²) in [5.74, 6) is -0.492. The smallest absolute Gasteiger partial charge is 0.381 e. The van der Waals surface area contributed by atoms with Crippen LogP contribution < -0.4 is 16.0 Å². The van der Waals surface area contributed by atoms with Crippen LogP contribution in [0.2, 0.25) is 5.02 Å². The van der Waals surface area contributed by atoms with Gasteiger partial charge in [0.2, 0.25) is 0 Å². The van der Waals surface area contributed by atoms with E-state index in [4.69, 9.17) is 16.3 Å². The number of alkyl halides is 3. The van der Waals surface area contributed by atoms with Crippen LogP contribution in [0, 0.1) is 0 Å². The molecule has 0 aliphatic rings. The molecule has 11 heteroatoms. The first-order valence-corrected chi connectivity index (χ1v) is 9.44. The number of amides is 1. The molecule has 4 N–H and O–H groups in total. The van der Waals surface area contributed by atoms with Crippen molar-refractivity contribution in [2.75, 3.05) is 25.1 Å². The lowest BCUT2D eigenvalue weighted by molar-refractivity contribution is -0.141. The first-order chi connectivity index (χ1) is 13.8. The zero-order chi connectivity index (χ0) is 21.3. The van der Waals surface area contributed by atoms with Crippen molar-refractivity contribution in [2.45, 2.75) is 32.2 Å². The predicted octanol–water partition coefficient (Wildman–Crippen LogP) is 3.61. The normalized spacial score (nSPS) is 12.6. The molecule has 0 aliphatic carbocycles. The van der Waals surface area contributed by atoms with E-state index in [1.165, 1.54) is 0 Å². The van der Waals surface area contributed by atoms with Gasteiger partial charge in [-0.05, 0) is 37.1 Å². The first-order valence-electron chi connectivity index (χ1n) is 9.06. The molecule has 0 spiro atoms. The molecule has 1 unspecified atom stereocenters. The van der Waals surface area contributed by atoms with Gasteiger partial charge in [-0.2, -0.15) is 18.3 Å². The van der Waals surface area contributed by atoms with E-state index in [1.807, 2.05) is 12.0 Å². The minimum atomic E-state index is -4.54. The van der Waals surface area contributed by atoms with Crippen LogP contribution in [-0.4, -0.2) is 42.2 Å². The molecule has 2 aromatic rings. The largest absolute Gasteiger partial charge is 0.432 e. The van der Waals surface area contributed by atoms with Gasteiger partial charge in [0, 0.05) is 36.4 Å². The molecule has 0 bridgehead atoms. The second-order valence-corrected chi connectivity index (χ2v) is 6.58. The van der Waals surface area contributed by atoms with Gasteiger partial charge in [-0.3, -0.25) is 15.2 Å². The topological polar surface area (TPSA) is 91.1 Å². The Kier molecular flexibility index (Phi) is 8.74. The molecular formula is C18H23ClF3N5O2. The maximum absolute atomic E-state index is 12.7.